The molecule has 1 aromatic heterocycles. The maximum absolute atomic E-state index is 12.1. The van der Waals surface area contributed by atoms with E-state index in [1.165, 1.54) is 24.3 Å². The lowest BCUT2D eigenvalue weighted by atomic mass is 10.1. The second kappa shape index (κ2) is 5.55. The predicted molar refractivity (Wildman–Crippen MR) is 78.2 cm³/mol. The minimum Gasteiger partial charge on any atom is -0.406 e. The van der Waals surface area contributed by atoms with Gasteiger partial charge in [0.05, 0.1) is 0 Å². The van der Waals surface area contributed by atoms with Gasteiger partial charge in [-0.3, -0.25) is 0 Å². The lowest BCUT2D eigenvalue weighted by Crippen LogP contribution is -2.16. The van der Waals surface area contributed by atoms with Crippen LogP contribution in [0.25, 0.3) is 10.8 Å². The lowest BCUT2D eigenvalue weighted by molar-refractivity contribution is -0.274. The Morgan fingerprint density at radius 3 is 2.36 bits per heavy atom. The molecule has 1 N–H and O–H groups in total. The Kier molecular flexibility index (Phi) is 3.58. The minimum atomic E-state index is -4.69. The molecule has 22 heavy (non-hydrogen) atoms. The topological polar surface area (TPSA) is 34.1 Å². The van der Waals surface area contributed by atoms with Crippen LogP contribution in [0.3, 0.4) is 0 Å². The molecule has 112 valence electrons. The van der Waals surface area contributed by atoms with Crippen molar-refractivity contribution in [2.24, 2.45) is 0 Å². The summed E-state index contributed by atoms with van der Waals surface area (Å²) in [6.45, 7) is 0. The number of benzene rings is 2. The smallest absolute Gasteiger partial charge is 0.406 e. The van der Waals surface area contributed by atoms with Gasteiger partial charge in [0.1, 0.15) is 11.6 Å². The van der Waals surface area contributed by atoms with Crippen LogP contribution in [0, 0.1) is 0 Å². The summed E-state index contributed by atoms with van der Waals surface area (Å²) >= 11 is 0. The largest absolute Gasteiger partial charge is 0.573 e. The number of nitrogens with zero attached hydrogens (tertiary/aromatic N) is 1. The number of ether oxygens (including phenoxy) is 1. The van der Waals surface area contributed by atoms with E-state index in [1.54, 1.807) is 6.20 Å². The van der Waals surface area contributed by atoms with Crippen LogP contribution in [0.1, 0.15) is 0 Å². The fraction of sp³-hybridized carbons (Fsp3) is 0.0625. The number of halogens is 3. The maximum atomic E-state index is 12.1. The number of pyridine rings is 1. The Morgan fingerprint density at radius 2 is 1.64 bits per heavy atom. The Balaban J connectivity index is 1.83. The van der Waals surface area contributed by atoms with Crippen molar-refractivity contribution < 1.29 is 17.9 Å². The Bertz CT molecular complexity index is 780. The van der Waals surface area contributed by atoms with E-state index in [9.17, 15) is 13.2 Å². The number of rotatable bonds is 3. The van der Waals surface area contributed by atoms with Crippen molar-refractivity contribution in [2.45, 2.75) is 6.36 Å². The molecule has 0 saturated heterocycles. The zero-order chi connectivity index (χ0) is 15.6. The Hall–Kier alpha value is -2.76. The van der Waals surface area contributed by atoms with E-state index in [4.69, 9.17) is 0 Å². The molecule has 0 aliphatic rings. The zero-order valence-electron chi connectivity index (χ0n) is 11.3. The summed E-state index contributed by atoms with van der Waals surface area (Å²) in [6.07, 6.45) is -3.02. The summed E-state index contributed by atoms with van der Waals surface area (Å²) in [5.41, 5.74) is 0.623. The van der Waals surface area contributed by atoms with Gasteiger partial charge in [-0.05, 0) is 35.7 Å². The molecule has 0 fully saturated rings. The average molecular weight is 304 g/mol. The van der Waals surface area contributed by atoms with E-state index in [2.05, 4.69) is 15.0 Å². The first kappa shape index (κ1) is 14.2. The molecule has 3 aromatic rings. The van der Waals surface area contributed by atoms with E-state index >= 15 is 0 Å². The van der Waals surface area contributed by atoms with Crippen LogP contribution in [-0.4, -0.2) is 11.3 Å². The molecule has 6 heteroatoms. The fourth-order valence-corrected chi connectivity index (χ4v) is 2.10. The van der Waals surface area contributed by atoms with Crippen molar-refractivity contribution in [1.82, 2.24) is 4.98 Å². The number of fused-ring (bicyclic) bond motifs is 1. The summed E-state index contributed by atoms with van der Waals surface area (Å²) in [5.74, 6) is 0.381. The summed E-state index contributed by atoms with van der Waals surface area (Å²) in [6, 6.07) is 15.1. The summed E-state index contributed by atoms with van der Waals surface area (Å²) in [5, 5.41) is 5.05. The van der Waals surface area contributed by atoms with Gasteiger partial charge >= 0.3 is 6.36 Å². The lowest BCUT2D eigenvalue weighted by Gasteiger charge is -2.11. The molecule has 0 aliphatic heterocycles. The highest BCUT2D eigenvalue weighted by Crippen LogP contribution is 2.27. The summed E-state index contributed by atoms with van der Waals surface area (Å²) < 4.78 is 40.2. The SMILES string of the molecule is FC(F)(F)Oc1ccc(Nc2nccc3ccccc23)cc1. The van der Waals surface area contributed by atoms with Crippen LogP contribution in [-0.2, 0) is 0 Å². The van der Waals surface area contributed by atoms with Crippen LogP contribution >= 0.6 is 0 Å². The third kappa shape index (κ3) is 3.28. The second-order valence-electron chi connectivity index (χ2n) is 4.58. The molecule has 1 heterocycles. The highest BCUT2D eigenvalue weighted by atomic mass is 19.4. The van der Waals surface area contributed by atoms with Gasteiger partial charge in [0.15, 0.2) is 0 Å². The highest BCUT2D eigenvalue weighted by Gasteiger charge is 2.30. The number of alkyl halides is 3. The first-order valence-corrected chi connectivity index (χ1v) is 6.48. The Morgan fingerprint density at radius 1 is 0.909 bits per heavy atom. The van der Waals surface area contributed by atoms with Crippen molar-refractivity contribution in [3.8, 4) is 5.75 Å². The maximum Gasteiger partial charge on any atom is 0.573 e. The molecule has 0 bridgehead atoms. The molecule has 0 saturated carbocycles. The van der Waals surface area contributed by atoms with Gasteiger partial charge in [-0.1, -0.05) is 24.3 Å². The molecule has 0 atom stereocenters. The number of hydrogen-bond donors (Lipinski definition) is 1. The van der Waals surface area contributed by atoms with Crippen molar-refractivity contribution >= 4 is 22.3 Å². The summed E-state index contributed by atoms with van der Waals surface area (Å²) in [4.78, 5) is 4.26. The first-order chi connectivity index (χ1) is 10.5. The number of hydrogen-bond acceptors (Lipinski definition) is 3. The second-order valence-corrected chi connectivity index (χ2v) is 4.58. The molecular weight excluding hydrogens is 293 g/mol. The van der Waals surface area contributed by atoms with Crippen LogP contribution < -0.4 is 10.1 Å². The molecule has 0 spiro atoms. The molecular formula is C16H11F3N2O. The molecule has 0 aliphatic carbocycles. The zero-order valence-corrected chi connectivity index (χ0v) is 11.3. The first-order valence-electron chi connectivity index (χ1n) is 6.48. The number of aromatic nitrogens is 1. The quantitative estimate of drug-likeness (QED) is 0.749. The van der Waals surface area contributed by atoms with Crippen LogP contribution in [0.5, 0.6) is 5.75 Å². The minimum absolute atomic E-state index is 0.260. The number of anilines is 2. The van der Waals surface area contributed by atoms with Crippen molar-refractivity contribution in [1.29, 1.82) is 0 Å². The monoisotopic (exact) mass is 304 g/mol. The van der Waals surface area contributed by atoms with Gasteiger partial charge in [-0.15, -0.1) is 13.2 Å². The van der Waals surface area contributed by atoms with E-state index in [0.29, 0.717) is 11.5 Å². The highest BCUT2D eigenvalue weighted by molar-refractivity contribution is 5.93. The molecule has 3 rings (SSSR count). The van der Waals surface area contributed by atoms with Gasteiger partial charge in [0, 0.05) is 17.3 Å². The van der Waals surface area contributed by atoms with Crippen LogP contribution in [0.4, 0.5) is 24.7 Å². The van der Waals surface area contributed by atoms with Gasteiger partial charge in [-0.25, -0.2) is 4.98 Å². The van der Waals surface area contributed by atoms with Gasteiger partial charge in [-0.2, -0.15) is 0 Å². The van der Waals surface area contributed by atoms with Gasteiger partial charge in [0.25, 0.3) is 0 Å². The van der Waals surface area contributed by atoms with E-state index in [0.717, 1.165) is 10.8 Å². The third-order valence-corrected chi connectivity index (χ3v) is 3.02. The average Bonchev–Trinajstić information content (AvgIpc) is 2.48. The normalized spacial score (nSPS) is 11.4. The van der Waals surface area contributed by atoms with E-state index in [-0.39, 0.29) is 5.75 Å². The van der Waals surface area contributed by atoms with Gasteiger partial charge < -0.3 is 10.1 Å². The van der Waals surface area contributed by atoms with Crippen molar-refractivity contribution in [2.75, 3.05) is 5.32 Å². The molecule has 3 nitrogen and oxygen atoms in total. The summed E-state index contributed by atoms with van der Waals surface area (Å²) in [7, 11) is 0. The molecule has 2 aromatic carbocycles. The fourth-order valence-electron chi connectivity index (χ4n) is 2.10. The molecule has 0 radical (unpaired) electrons. The van der Waals surface area contributed by atoms with E-state index < -0.39 is 6.36 Å². The number of nitrogens with one attached hydrogen (secondary N) is 1. The molecule has 0 amide bonds. The third-order valence-electron chi connectivity index (χ3n) is 3.02. The van der Waals surface area contributed by atoms with Crippen LogP contribution in [0.15, 0.2) is 60.8 Å². The van der Waals surface area contributed by atoms with Crippen LogP contribution in [0.2, 0.25) is 0 Å². The van der Waals surface area contributed by atoms with E-state index in [1.807, 2.05) is 30.3 Å². The predicted octanol–water partition coefficient (Wildman–Crippen LogP) is 4.88. The van der Waals surface area contributed by atoms with Crippen molar-refractivity contribution in [3.63, 3.8) is 0 Å². The van der Waals surface area contributed by atoms with Gasteiger partial charge in [0.2, 0.25) is 0 Å². The standard InChI is InChI=1S/C16H11F3N2O/c17-16(18,19)22-13-7-5-12(6-8-13)21-15-14-4-2-1-3-11(14)9-10-20-15/h1-10H,(H,20,21). The van der Waals surface area contributed by atoms with Crippen molar-refractivity contribution in [3.05, 3.63) is 60.8 Å². The molecule has 0 unspecified atom stereocenters. The Labute approximate surface area is 124 Å².